The predicted octanol–water partition coefficient (Wildman–Crippen LogP) is 3.44. The van der Waals surface area contributed by atoms with E-state index in [0.717, 1.165) is 12.8 Å². The van der Waals surface area contributed by atoms with E-state index in [9.17, 15) is 14.0 Å². The van der Waals surface area contributed by atoms with Crippen molar-refractivity contribution in [3.05, 3.63) is 46.5 Å². The normalized spacial score (nSPS) is 10.6. The summed E-state index contributed by atoms with van der Waals surface area (Å²) in [4.78, 5) is 23.4. The third-order valence-corrected chi connectivity index (χ3v) is 4.22. The van der Waals surface area contributed by atoms with Gasteiger partial charge >= 0.3 is 5.97 Å². The van der Waals surface area contributed by atoms with Gasteiger partial charge in [0.25, 0.3) is 5.91 Å². The fraction of sp³-hybridized carbons (Fsp3) is 0.389. The minimum Gasteiger partial charge on any atom is -0.469 e. The molecule has 1 aromatic carbocycles. The Bertz CT molecular complexity index is 775. The molecule has 0 radical (unpaired) electrons. The van der Waals surface area contributed by atoms with E-state index in [2.05, 4.69) is 15.2 Å². The summed E-state index contributed by atoms with van der Waals surface area (Å²) in [6, 6.07) is 5.68. The number of benzene rings is 1. The zero-order chi connectivity index (χ0) is 19.1. The quantitative estimate of drug-likeness (QED) is 0.561. The van der Waals surface area contributed by atoms with Crippen LogP contribution in [0.2, 0.25) is 5.15 Å². The maximum atomic E-state index is 13.1. The molecule has 26 heavy (non-hydrogen) atoms. The summed E-state index contributed by atoms with van der Waals surface area (Å²) in [6.07, 6.45) is 2.63. The third kappa shape index (κ3) is 5.05. The molecular formula is C18H21ClFN3O3. The van der Waals surface area contributed by atoms with Crippen LogP contribution in [-0.4, -0.2) is 35.3 Å². The molecule has 0 spiro atoms. The van der Waals surface area contributed by atoms with Gasteiger partial charge in [-0.25, -0.2) is 9.07 Å². The summed E-state index contributed by atoms with van der Waals surface area (Å²) in [7, 11) is 1.36. The molecule has 0 saturated heterocycles. The Morgan fingerprint density at radius 1 is 1.23 bits per heavy atom. The lowest BCUT2D eigenvalue weighted by molar-refractivity contribution is -0.140. The van der Waals surface area contributed by atoms with Crippen molar-refractivity contribution in [2.75, 3.05) is 13.7 Å². The van der Waals surface area contributed by atoms with Gasteiger partial charge in [-0.3, -0.25) is 9.59 Å². The number of unbranched alkanes of at least 4 members (excludes halogenated alkanes) is 2. The van der Waals surface area contributed by atoms with Gasteiger partial charge in [0, 0.05) is 13.0 Å². The van der Waals surface area contributed by atoms with Crippen LogP contribution < -0.4 is 5.32 Å². The van der Waals surface area contributed by atoms with Gasteiger partial charge in [-0.05, 0) is 44.0 Å². The molecule has 1 amide bonds. The molecule has 8 heteroatoms. The maximum absolute atomic E-state index is 13.1. The van der Waals surface area contributed by atoms with E-state index >= 15 is 0 Å². The van der Waals surface area contributed by atoms with E-state index in [1.165, 1.54) is 36.1 Å². The Morgan fingerprint density at radius 3 is 2.58 bits per heavy atom. The maximum Gasteiger partial charge on any atom is 0.305 e. The Labute approximate surface area is 156 Å². The number of hydrogen-bond donors (Lipinski definition) is 1. The molecule has 6 nitrogen and oxygen atoms in total. The van der Waals surface area contributed by atoms with E-state index in [1.807, 2.05) is 0 Å². The molecule has 0 fully saturated rings. The molecule has 2 aromatic rings. The predicted molar refractivity (Wildman–Crippen MR) is 96.1 cm³/mol. The Morgan fingerprint density at radius 2 is 1.92 bits per heavy atom. The van der Waals surface area contributed by atoms with Gasteiger partial charge in [0.05, 0.1) is 24.1 Å². The van der Waals surface area contributed by atoms with Crippen molar-refractivity contribution >= 4 is 23.5 Å². The highest BCUT2D eigenvalue weighted by molar-refractivity contribution is 6.33. The Balaban J connectivity index is 1.93. The number of esters is 1. The van der Waals surface area contributed by atoms with Crippen molar-refractivity contribution in [2.45, 2.75) is 32.6 Å². The third-order valence-electron chi connectivity index (χ3n) is 3.87. The first-order valence-corrected chi connectivity index (χ1v) is 8.68. The molecule has 0 saturated carbocycles. The minimum atomic E-state index is -0.362. The van der Waals surface area contributed by atoms with Crippen molar-refractivity contribution in [3.8, 4) is 5.69 Å². The second-order valence-electron chi connectivity index (χ2n) is 5.78. The highest BCUT2D eigenvalue weighted by atomic mass is 35.5. The second-order valence-corrected chi connectivity index (χ2v) is 6.14. The summed E-state index contributed by atoms with van der Waals surface area (Å²) in [6.45, 7) is 2.16. The molecule has 1 aromatic heterocycles. The molecule has 1 heterocycles. The van der Waals surface area contributed by atoms with E-state index in [1.54, 1.807) is 6.92 Å². The number of amides is 1. The topological polar surface area (TPSA) is 73.2 Å². The van der Waals surface area contributed by atoms with Crippen LogP contribution in [0.15, 0.2) is 24.3 Å². The molecule has 0 atom stereocenters. The van der Waals surface area contributed by atoms with Crippen LogP contribution in [-0.2, 0) is 9.53 Å². The van der Waals surface area contributed by atoms with Gasteiger partial charge in [-0.2, -0.15) is 5.10 Å². The summed E-state index contributed by atoms with van der Waals surface area (Å²) < 4.78 is 19.0. The van der Waals surface area contributed by atoms with Crippen LogP contribution in [0.25, 0.3) is 5.69 Å². The number of rotatable bonds is 8. The van der Waals surface area contributed by atoms with E-state index in [-0.39, 0.29) is 22.8 Å². The highest BCUT2D eigenvalue weighted by Gasteiger charge is 2.20. The number of nitrogens with zero attached hydrogens (tertiary/aromatic N) is 2. The Kier molecular flexibility index (Phi) is 7.15. The van der Waals surface area contributed by atoms with Crippen LogP contribution in [0.1, 0.15) is 41.7 Å². The molecule has 1 N–H and O–H groups in total. The number of carbonyl (C=O) groups excluding carboxylic acids is 2. The van der Waals surface area contributed by atoms with Crippen LogP contribution in [0.3, 0.4) is 0 Å². The van der Waals surface area contributed by atoms with Crippen molar-refractivity contribution in [3.63, 3.8) is 0 Å². The monoisotopic (exact) mass is 381 g/mol. The average molecular weight is 382 g/mol. The summed E-state index contributed by atoms with van der Waals surface area (Å²) in [5.41, 5.74) is 1.36. The van der Waals surface area contributed by atoms with Gasteiger partial charge in [-0.1, -0.05) is 18.0 Å². The SMILES string of the molecule is COC(=O)CCCCCNC(=O)c1c(C)nn(-c2ccc(F)cc2)c1Cl. The molecule has 0 aliphatic heterocycles. The minimum absolute atomic E-state index is 0.178. The van der Waals surface area contributed by atoms with Crippen molar-refractivity contribution in [1.82, 2.24) is 15.1 Å². The first-order valence-electron chi connectivity index (χ1n) is 8.30. The van der Waals surface area contributed by atoms with Crippen molar-refractivity contribution in [2.24, 2.45) is 0 Å². The summed E-state index contributed by atoms with van der Waals surface area (Å²) in [5, 5.41) is 7.25. The smallest absolute Gasteiger partial charge is 0.305 e. The van der Waals surface area contributed by atoms with E-state index in [4.69, 9.17) is 11.6 Å². The lowest BCUT2D eigenvalue weighted by atomic mass is 10.2. The fourth-order valence-corrected chi connectivity index (χ4v) is 2.83. The number of aromatic nitrogens is 2. The zero-order valence-electron chi connectivity index (χ0n) is 14.7. The molecular weight excluding hydrogens is 361 g/mol. The van der Waals surface area contributed by atoms with Crippen LogP contribution >= 0.6 is 11.6 Å². The van der Waals surface area contributed by atoms with Gasteiger partial charge < -0.3 is 10.1 Å². The molecule has 140 valence electrons. The first kappa shape index (κ1) is 19.9. The number of nitrogens with one attached hydrogen (secondary N) is 1. The zero-order valence-corrected chi connectivity index (χ0v) is 15.5. The first-order chi connectivity index (χ1) is 12.4. The number of hydrogen-bond acceptors (Lipinski definition) is 4. The average Bonchev–Trinajstić information content (AvgIpc) is 2.92. The molecule has 0 aliphatic rings. The van der Waals surface area contributed by atoms with Crippen molar-refractivity contribution in [1.29, 1.82) is 0 Å². The number of aryl methyl sites for hydroxylation is 1. The lowest BCUT2D eigenvalue weighted by Crippen LogP contribution is -2.25. The molecule has 2 rings (SSSR count). The van der Waals surface area contributed by atoms with E-state index < -0.39 is 0 Å². The molecule has 0 unspecified atom stereocenters. The van der Waals surface area contributed by atoms with Crippen molar-refractivity contribution < 1.29 is 18.7 Å². The lowest BCUT2D eigenvalue weighted by Gasteiger charge is -2.06. The van der Waals surface area contributed by atoms with Gasteiger partial charge in [-0.15, -0.1) is 0 Å². The number of carbonyl (C=O) groups is 2. The highest BCUT2D eigenvalue weighted by Crippen LogP contribution is 2.23. The largest absolute Gasteiger partial charge is 0.469 e. The Hall–Kier alpha value is -2.41. The summed E-state index contributed by atoms with van der Waals surface area (Å²) in [5.74, 6) is -0.905. The van der Waals surface area contributed by atoms with Crippen LogP contribution in [0.4, 0.5) is 4.39 Å². The fourth-order valence-electron chi connectivity index (χ4n) is 2.47. The van der Waals surface area contributed by atoms with Crippen LogP contribution in [0, 0.1) is 12.7 Å². The second kappa shape index (κ2) is 9.33. The number of methoxy groups -OCH3 is 1. The van der Waals surface area contributed by atoms with Crippen LogP contribution in [0.5, 0.6) is 0 Å². The standard InChI is InChI=1S/C18H21ClFN3O3/c1-12-16(18(25)21-11-5-3-4-6-15(24)26-2)17(19)23(22-12)14-9-7-13(20)8-10-14/h7-10H,3-6,11H2,1-2H3,(H,21,25). The number of halogens is 2. The van der Waals surface area contributed by atoms with E-state index in [0.29, 0.717) is 36.3 Å². The van der Waals surface area contributed by atoms with Gasteiger partial charge in [0.1, 0.15) is 11.0 Å². The van der Waals surface area contributed by atoms with Gasteiger partial charge in [0.2, 0.25) is 0 Å². The summed E-state index contributed by atoms with van der Waals surface area (Å²) >= 11 is 6.31. The molecule has 0 bridgehead atoms. The van der Waals surface area contributed by atoms with Gasteiger partial charge in [0.15, 0.2) is 0 Å². The molecule has 0 aliphatic carbocycles. The number of ether oxygens (including phenoxy) is 1.